The highest BCUT2D eigenvalue weighted by Crippen LogP contribution is 2.32. The van der Waals surface area contributed by atoms with Gasteiger partial charge in [-0.1, -0.05) is 26.7 Å². The summed E-state index contributed by atoms with van der Waals surface area (Å²) in [4.78, 5) is 17.6. The number of pyridine rings is 1. The maximum Gasteiger partial charge on any atom is 0.213 e. The van der Waals surface area contributed by atoms with Gasteiger partial charge < -0.3 is 4.74 Å². The standard InChI is InChI=1S/C19H22N4OS2/c1-5-13(6-2)9-24-17-8-7-14(12(3)21-17)18-22-15(10-25-18)16-11-26-19(20-4)23-16/h7-8,10-11,13H,4-6,9H2,1-3H3. The molecule has 0 aliphatic heterocycles. The Kier molecular flexibility index (Phi) is 6.11. The van der Waals surface area contributed by atoms with E-state index in [-0.39, 0.29) is 0 Å². The number of rotatable bonds is 8. The summed E-state index contributed by atoms with van der Waals surface area (Å²) in [5.74, 6) is 1.25. The number of ether oxygens (including phenoxy) is 1. The van der Waals surface area contributed by atoms with E-state index in [0.29, 0.717) is 23.5 Å². The zero-order chi connectivity index (χ0) is 18.5. The SMILES string of the molecule is C=Nc1nc(-c2csc(-c3ccc(OCC(CC)CC)nc3C)n2)cs1. The second-order valence-electron chi connectivity index (χ2n) is 5.99. The molecule has 0 unspecified atom stereocenters. The van der Waals surface area contributed by atoms with Crippen LogP contribution in [0.3, 0.4) is 0 Å². The first kappa shape index (κ1) is 18.7. The normalized spacial score (nSPS) is 11.1. The van der Waals surface area contributed by atoms with Crippen LogP contribution in [0.5, 0.6) is 5.88 Å². The van der Waals surface area contributed by atoms with E-state index in [9.17, 15) is 0 Å². The Morgan fingerprint density at radius 3 is 2.46 bits per heavy atom. The molecule has 0 bridgehead atoms. The van der Waals surface area contributed by atoms with Crippen LogP contribution in [0.25, 0.3) is 22.0 Å². The van der Waals surface area contributed by atoms with Crippen LogP contribution >= 0.6 is 22.7 Å². The Labute approximate surface area is 161 Å². The van der Waals surface area contributed by atoms with Gasteiger partial charge in [0.25, 0.3) is 0 Å². The summed E-state index contributed by atoms with van der Waals surface area (Å²) in [5.41, 5.74) is 3.62. The van der Waals surface area contributed by atoms with Crippen molar-refractivity contribution in [1.82, 2.24) is 15.0 Å². The Morgan fingerprint density at radius 1 is 1.08 bits per heavy atom. The molecule has 0 spiro atoms. The van der Waals surface area contributed by atoms with Gasteiger partial charge >= 0.3 is 0 Å². The minimum atomic E-state index is 0.575. The van der Waals surface area contributed by atoms with Crippen molar-refractivity contribution < 1.29 is 4.74 Å². The summed E-state index contributed by atoms with van der Waals surface area (Å²) < 4.78 is 5.86. The van der Waals surface area contributed by atoms with Crippen LogP contribution in [0, 0.1) is 12.8 Å². The lowest BCUT2D eigenvalue weighted by Gasteiger charge is -2.13. The third kappa shape index (κ3) is 4.16. The first-order valence-corrected chi connectivity index (χ1v) is 10.4. The molecule has 0 fully saturated rings. The Bertz CT molecular complexity index is 883. The molecule has 3 aromatic rings. The first-order chi connectivity index (χ1) is 12.6. The minimum Gasteiger partial charge on any atom is -0.477 e. The second-order valence-corrected chi connectivity index (χ2v) is 7.68. The average Bonchev–Trinajstić information content (AvgIpc) is 3.32. The molecule has 7 heteroatoms. The van der Waals surface area contributed by atoms with E-state index in [1.54, 1.807) is 11.3 Å². The lowest BCUT2D eigenvalue weighted by molar-refractivity contribution is 0.232. The van der Waals surface area contributed by atoms with Gasteiger partial charge in [0.1, 0.15) is 16.4 Å². The van der Waals surface area contributed by atoms with Gasteiger partial charge in [0.05, 0.1) is 12.3 Å². The quantitative estimate of drug-likeness (QED) is 0.460. The molecule has 0 aliphatic rings. The number of aromatic nitrogens is 3. The third-order valence-corrected chi connectivity index (χ3v) is 5.95. The number of aryl methyl sites for hydroxylation is 1. The third-order valence-electron chi connectivity index (χ3n) is 4.31. The van der Waals surface area contributed by atoms with Crippen molar-refractivity contribution in [3.63, 3.8) is 0 Å². The van der Waals surface area contributed by atoms with Crippen molar-refractivity contribution in [2.24, 2.45) is 10.9 Å². The van der Waals surface area contributed by atoms with Crippen molar-refractivity contribution in [2.75, 3.05) is 6.61 Å². The molecule has 0 N–H and O–H groups in total. The Balaban J connectivity index is 1.76. The molecule has 26 heavy (non-hydrogen) atoms. The molecule has 0 atom stereocenters. The molecule has 0 amide bonds. The van der Waals surface area contributed by atoms with E-state index in [1.165, 1.54) is 11.3 Å². The highest BCUT2D eigenvalue weighted by atomic mass is 32.1. The van der Waals surface area contributed by atoms with E-state index in [1.807, 2.05) is 29.8 Å². The molecule has 0 saturated carbocycles. The van der Waals surface area contributed by atoms with Gasteiger partial charge in [-0.25, -0.2) is 19.9 Å². The molecular formula is C19H22N4OS2. The largest absolute Gasteiger partial charge is 0.477 e. The second kappa shape index (κ2) is 8.51. The number of nitrogens with zero attached hydrogens (tertiary/aromatic N) is 4. The van der Waals surface area contributed by atoms with Crippen molar-refractivity contribution >= 4 is 34.5 Å². The van der Waals surface area contributed by atoms with Crippen LogP contribution in [0.1, 0.15) is 32.4 Å². The van der Waals surface area contributed by atoms with Crippen LogP contribution in [0.15, 0.2) is 27.9 Å². The fourth-order valence-corrected chi connectivity index (χ4v) is 4.05. The van der Waals surface area contributed by atoms with Crippen molar-refractivity contribution in [3.8, 4) is 27.8 Å². The van der Waals surface area contributed by atoms with Crippen LogP contribution < -0.4 is 4.74 Å². The summed E-state index contributed by atoms with van der Waals surface area (Å²) in [6.07, 6.45) is 2.24. The smallest absolute Gasteiger partial charge is 0.213 e. The number of hydrogen-bond acceptors (Lipinski definition) is 7. The maximum absolute atomic E-state index is 5.86. The molecule has 5 nitrogen and oxygen atoms in total. The van der Waals surface area contributed by atoms with Crippen LogP contribution in [-0.4, -0.2) is 28.3 Å². The lowest BCUT2D eigenvalue weighted by atomic mass is 10.1. The van der Waals surface area contributed by atoms with Gasteiger partial charge in [-0.3, -0.25) is 0 Å². The van der Waals surface area contributed by atoms with Gasteiger partial charge in [0, 0.05) is 22.4 Å². The molecule has 0 radical (unpaired) electrons. The zero-order valence-electron chi connectivity index (χ0n) is 15.2. The van der Waals surface area contributed by atoms with Crippen molar-refractivity contribution in [2.45, 2.75) is 33.6 Å². The predicted molar refractivity (Wildman–Crippen MR) is 110 cm³/mol. The summed E-state index contributed by atoms with van der Waals surface area (Å²) >= 11 is 3.05. The molecule has 3 heterocycles. The van der Waals surface area contributed by atoms with Crippen LogP contribution in [0.2, 0.25) is 0 Å². The maximum atomic E-state index is 5.86. The fourth-order valence-electron chi connectivity index (χ4n) is 2.54. The van der Waals surface area contributed by atoms with E-state index in [2.05, 4.69) is 35.5 Å². The lowest BCUT2D eigenvalue weighted by Crippen LogP contribution is -2.11. The highest BCUT2D eigenvalue weighted by Gasteiger charge is 2.13. The molecule has 3 aromatic heterocycles. The van der Waals surface area contributed by atoms with Gasteiger partial charge in [-0.2, -0.15) is 0 Å². The molecule has 0 aliphatic carbocycles. The van der Waals surface area contributed by atoms with Gasteiger partial charge in [0.15, 0.2) is 0 Å². The molecule has 0 aromatic carbocycles. The van der Waals surface area contributed by atoms with Gasteiger partial charge in [-0.15, -0.1) is 22.7 Å². The number of thiazole rings is 2. The van der Waals surface area contributed by atoms with Gasteiger partial charge in [0.2, 0.25) is 11.0 Å². The zero-order valence-corrected chi connectivity index (χ0v) is 16.9. The molecule has 0 saturated heterocycles. The van der Waals surface area contributed by atoms with Crippen molar-refractivity contribution in [1.29, 1.82) is 0 Å². The molecule has 3 rings (SSSR count). The summed E-state index contributed by atoms with van der Waals surface area (Å²) in [5, 5.41) is 5.54. The van der Waals surface area contributed by atoms with Crippen LogP contribution in [-0.2, 0) is 0 Å². The Morgan fingerprint density at radius 2 is 1.81 bits per heavy atom. The topological polar surface area (TPSA) is 60.3 Å². The first-order valence-electron chi connectivity index (χ1n) is 8.63. The Hall–Kier alpha value is -2.12. The number of hydrogen-bond donors (Lipinski definition) is 0. The summed E-state index contributed by atoms with van der Waals surface area (Å²) in [7, 11) is 0. The van der Waals surface area contributed by atoms with E-state index >= 15 is 0 Å². The van der Waals surface area contributed by atoms with Crippen LogP contribution in [0.4, 0.5) is 5.13 Å². The average molecular weight is 387 g/mol. The van der Waals surface area contributed by atoms with E-state index < -0.39 is 0 Å². The fraction of sp³-hybridized carbons (Fsp3) is 0.368. The summed E-state index contributed by atoms with van der Waals surface area (Å²) in [6, 6.07) is 3.96. The highest BCUT2D eigenvalue weighted by molar-refractivity contribution is 7.14. The van der Waals surface area contributed by atoms with E-state index in [4.69, 9.17) is 9.72 Å². The van der Waals surface area contributed by atoms with Gasteiger partial charge in [-0.05, 0) is 25.6 Å². The summed E-state index contributed by atoms with van der Waals surface area (Å²) in [6.45, 7) is 10.6. The minimum absolute atomic E-state index is 0.575. The monoisotopic (exact) mass is 386 g/mol. The molecular weight excluding hydrogens is 364 g/mol. The number of aliphatic imine (C=N–C) groups is 1. The predicted octanol–water partition coefficient (Wildman–Crippen LogP) is 5.78. The molecule has 136 valence electrons. The van der Waals surface area contributed by atoms with Crippen molar-refractivity contribution in [3.05, 3.63) is 28.6 Å². The van der Waals surface area contributed by atoms with E-state index in [0.717, 1.165) is 40.5 Å².